The van der Waals surface area contributed by atoms with Gasteiger partial charge in [-0.2, -0.15) is 4.31 Å². The number of nitrogens with zero attached hydrogens (tertiary/aromatic N) is 3. The monoisotopic (exact) mass is 510 g/mol. The van der Waals surface area contributed by atoms with Crippen LogP contribution >= 0.6 is 0 Å². The van der Waals surface area contributed by atoms with E-state index in [0.717, 1.165) is 45.4 Å². The van der Waals surface area contributed by atoms with Crippen LogP contribution in [-0.2, 0) is 19.6 Å². The summed E-state index contributed by atoms with van der Waals surface area (Å²) in [6.45, 7) is 8.01. The average molecular weight is 511 g/mol. The third kappa shape index (κ3) is 6.95. The van der Waals surface area contributed by atoms with Gasteiger partial charge in [-0.15, -0.1) is 0 Å². The summed E-state index contributed by atoms with van der Waals surface area (Å²) in [4.78, 5) is 17.4. The molecule has 1 heterocycles. The molecule has 1 N–H and O–H groups in total. The minimum absolute atomic E-state index is 0.0419. The first-order chi connectivity index (χ1) is 16.6. The zero-order valence-electron chi connectivity index (χ0n) is 21.9. The van der Waals surface area contributed by atoms with E-state index in [9.17, 15) is 13.2 Å². The largest absolute Gasteiger partial charge is 0.497 e. The van der Waals surface area contributed by atoms with Crippen molar-refractivity contribution in [3.63, 3.8) is 0 Å². The molecule has 1 aliphatic carbocycles. The van der Waals surface area contributed by atoms with Crippen molar-refractivity contribution in [3.8, 4) is 5.75 Å². The van der Waals surface area contributed by atoms with Crippen molar-refractivity contribution >= 4 is 15.9 Å². The van der Waals surface area contributed by atoms with Gasteiger partial charge in [-0.25, -0.2) is 8.42 Å². The molecule has 1 unspecified atom stereocenters. The van der Waals surface area contributed by atoms with E-state index in [1.807, 2.05) is 11.9 Å². The topological polar surface area (TPSA) is 91.4 Å². The van der Waals surface area contributed by atoms with E-state index >= 15 is 0 Å². The fourth-order valence-electron chi connectivity index (χ4n) is 5.24. The summed E-state index contributed by atoms with van der Waals surface area (Å²) in [6, 6.07) is 4.20. The molecular weight excluding hydrogens is 468 g/mol. The Balaban J connectivity index is 1.47. The molecule has 10 heteroatoms. The maximum absolute atomic E-state index is 13.1. The molecule has 1 saturated heterocycles. The molecule has 0 bridgehead atoms. The molecule has 0 spiro atoms. The number of piperazine rings is 1. The maximum atomic E-state index is 13.1. The summed E-state index contributed by atoms with van der Waals surface area (Å²) in [7, 11) is 1.28. The second kappa shape index (κ2) is 12.5. The molecular formula is C25H42N4O5S. The van der Waals surface area contributed by atoms with E-state index in [4.69, 9.17) is 9.47 Å². The number of nitrogens with one attached hydrogen (secondary N) is 1. The van der Waals surface area contributed by atoms with Crippen molar-refractivity contribution in [2.75, 3.05) is 67.1 Å². The number of rotatable bonds is 10. The van der Waals surface area contributed by atoms with Crippen LogP contribution in [-0.4, -0.2) is 108 Å². The number of likely N-dealkylation sites (N-methyl/N-ethyl adjacent to an activating group) is 2. The van der Waals surface area contributed by atoms with Crippen LogP contribution in [0.15, 0.2) is 17.0 Å². The Hall–Kier alpha value is -1.72. The van der Waals surface area contributed by atoms with E-state index in [1.165, 1.54) is 17.8 Å². The summed E-state index contributed by atoms with van der Waals surface area (Å²) in [5.41, 5.74) is 1.27. The van der Waals surface area contributed by atoms with Gasteiger partial charge in [0.05, 0.1) is 18.6 Å². The van der Waals surface area contributed by atoms with E-state index in [-0.39, 0.29) is 36.6 Å². The van der Waals surface area contributed by atoms with Gasteiger partial charge in [-0.05, 0) is 62.8 Å². The molecule has 2 atom stereocenters. The van der Waals surface area contributed by atoms with Crippen LogP contribution < -0.4 is 10.1 Å². The molecule has 1 saturated carbocycles. The second-order valence-corrected chi connectivity index (χ2v) is 11.7. The fourth-order valence-corrected chi connectivity index (χ4v) is 6.80. The number of hydrogen-bond donors (Lipinski definition) is 1. The number of carbonyl (C=O) groups is 1. The Morgan fingerprint density at radius 3 is 2.43 bits per heavy atom. The number of methoxy groups -OCH3 is 1. The summed E-state index contributed by atoms with van der Waals surface area (Å²) in [5, 5.41) is 3.40. The van der Waals surface area contributed by atoms with Crippen LogP contribution in [0.3, 0.4) is 0 Å². The third-order valence-electron chi connectivity index (χ3n) is 7.34. The molecule has 9 nitrogen and oxygen atoms in total. The van der Waals surface area contributed by atoms with Gasteiger partial charge in [0.15, 0.2) is 0 Å². The average Bonchev–Trinajstić information content (AvgIpc) is 2.85. The molecule has 1 aromatic rings. The number of aryl methyl sites for hydroxylation is 2. The normalized spacial score (nSPS) is 21.8. The lowest BCUT2D eigenvalue weighted by Gasteiger charge is -2.42. The van der Waals surface area contributed by atoms with Crippen molar-refractivity contribution in [3.05, 3.63) is 23.3 Å². The number of amides is 1. The molecule has 35 heavy (non-hydrogen) atoms. The fraction of sp³-hybridized carbons (Fsp3) is 0.720. The Bertz CT molecular complexity index is 942. The predicted octanol–water partition coefficient (Wildman–Crippen LogP) is 1.62. The van der Waals surface area contributed by atoms with Gasteiger partial charge >= 0.3 is 0 Å². The van der Waals surface area contributed by atoms with Crippen LogP contribution in [0.2, 0.25) is 0 Å². The standard InChI is InChI=1S/C25H42N4O5S/c1-19-15-23(33-5)16-20(2)25(19)35(31,32)27(3)13-14-34-18-24(30)28(4)21-7-6-8-22(17-21)29-11-9-26-10-12-29/h15-16,21-22,26H,6-14,17-18H2,1-5H3/t21-,22?/m0/s1. The molecule has 0 aromatic heterocycles. The molecule has 2 aliphatic rings. The highest BCUT2D eigenvalue weighted by atomic mass is 32.2. The number of ether oxygens (including phenoxy) is 2. The van der Waals surface area contributed by atoms with Crippen molar-refractivity contribution < 1.29 is 22.7 Å². The number of benzene rings is 1. The van der Waals surface area contributed by atoms with Gasteiger partial charge < -0.3 is 19.7 Å². The minimum Gasteiger partial charge on any atom is -0.497 e. The Morgan fingerprint density at radius 1 is 1.14 bits per heavy atom. The van der Waals surface area contributed by atoms with Gasteiger partial charge in [0.25, 0.3) is 0 Å². The van der Waals surface area contributed by atoms with E-state index < -0.39 is 10.0 Å². The highest BCUT2D eigenvalue weighted by molar-refractivity contribution is 7.89. The maximum Gasteiger partial charge on any atom is 0.248 e. The van der Waals surface area contributed by atoms with Crippen molar-refractivity contribution in [1.82, 2.24) is 19.4 Å². The van der Waals surface area contributed by atoms with Crippen LogP contribution in [0.5, 0.6) is 5.75 Å². The summed E-state index contributed by atoms with van der Waals surface area (Å²) < 4.78 is 38.4. The lowest BCUT2D eigenvalue weighted by Crippen LogP contribution is -2.52. The Kier molecular flexibility index (Phi) is 9.94. The summed E-state index contributed by atoms with van der Waals surface area (Å²) in [6.07, 6.45) is 4.35. The highest BCUT2D eigenvalue weighted by Gasteiger charge is 2.31. The molecule has 198 valence electrons. The molecule has 3 rings (SSSR count). The highest BCUT2D eigenvalue weighted by Crippen LogP contribution is 2.28. The first-order valence-electron chi connectivity index (χ1n) is 12.5. The van der Waals surface area contributed by atoms with E-state index in [0.29, 0.717) is 22.9 Å². The van der Waals surface area contributed by atoms with Gasteiger partial charge in [0.2, 0.25) is 15.9 Å². The van der Waals surface area contributed by atoms with Crippen LogP contribution in [0.4, 0.5) is 0 Å². The zero-order chi connectivity index (χ0) is 25.6. The van der Waals surface area contributed by atoms with Crippen molar-refractivity contribution in [1.29, 1.82) is 0 Å². The first-order valence-corrected chi connectivity index (χ1v) is 14.0. The first kappa shape index (κ1) is 27.9. The quantitative estimate of drug-likeness (QED) is 0.479. The molecule has 1 aliphatic heterocycles. The molecule has 1 aromatic carbocycles. The summed E-state index contributed by atoms with van der Waals surface area (Å²) >= 11 is 0. The molecule has 2 fully saturated rings. The van der Waals surface area contributed by atoms with Gasteiger partial charge in [0, 0.05) is 58.9 Å². The Labute approximate surface area is 210 Å². The van der Waals surface area contributed by atoms with E-state index in [2.05, 4.69) is 10.2 Å². The van der Waals surface area contributed by atoms with Crippen molar-refractivity contribution in [2.24, 2.45) is 0 Å². The number of carbonyl (C=O) groups excluding carboxylic acids is 1. The SMILES string of the molecule is COc1cc(C)c(S(=O)(=O)N(C)CCOCC(=O)N(C)[C@H]2CCCC(N3CCNCC3)C2)c(C)c1. The third-order valence-corrected chi connectivity index (χ3v) is 9.50. The van der Waals surface area contributed by atoms with Crippen LogP contribution in [0.1, 0.15) is 36.8 Å². The van der Waals surface area contributed by atoms with E-state index in [1.54, 1.807) is 33.1 Å². The van der Waals surface area contributed by atoms with Crippen molar-refractivity contribution in [2.45, 2.75) is 56.5 Å². The predicted molar refractivity (Wildman–Crippen MR) is 136 cm³/mol. The van der Waals surface area contributed by atoms with Gasteiger partial charge in [-0.1, -0.05) is 0 Å². The number of sulfonamides is 1. The second-order valence-electron chi connectivity index (χ2n) is 9.73. The lowest BCUT2D eigenvalue weighted by molar-refractivity contribution is -0.138. The van der Waals surface area contributed by atoms with Crippen LogP contribution in [0, 0.1) is 13.8 Å². The molecule has 1 amide bonds. The lowest BCUT2D eigenvalue weighted by atomic mass is 9.88. The van der Waals surface area contributed by atoms with Gasteiger partial charge in [-0.3, -0.25) is 9.69 Å². The zero-order valence-corrected chi connectivity index (χ0v) is 22.7. The molecule has 0 radical (unpaired) electrons. The number of hydrogen-bond acceptors (Lipinski definition) is 7. The smallest absolute Gasteiger partial charge is 0.248 e. The van der Waals surface area contributed by atoms with Gasteiger partial charge in [0.1, 0.15) is 12.4 Å². The Morgan fingerprint density at radius 2 is 1.80 bits per heavy atom. The minimum atomic E-state index is -3.68. The van der Waals surface area contributed by atoms with Crippen LogP contribution in [0.25, 0.3) is 0 Å². The summed E-state index contributed by atoms with van der Waals surface area (Å²) in [5.74, 6) is 0.577.